The largest absolute Gasteiger partial charge is 0.480 e. The Hall–Kier alpha value is -2.37. The molecule has 140 valence electrons. The first kappa shape index (κ1) is 18.4. The SMILES string of the molecule is Cc1cccc(C(=O)N2CCC3(CCC(=O)N([C@H](C)C(=O)O)C3)CC2)c1. The first-order valence-corrected chi connectivity index (χ1v) is 9.20. The molecule has 0 aliphatic carbocycles. The van der Waals surface area contributed by atoms with Crippen LogP contribution in [0.3, 0.4) is 0 Å². The summed E-state index contributed by atoms with van der Waals surface area (Å²) in [5, 5.41) is 9.26. The van der Waals surface area contributed by atoms with Gasteiger partial charge in [-0.3, -0.25) is 9.59 Å². The van der Waals surface area contributed by atoms with Crippen LogP contribution in [0.4, 0.5) is 0 Å². The summed E-state index contributed by atoms with van der Waals surface area (Å²) in [6.07, 6.45) is 2.78. The molecule has 0 saturated carbocycles. The minimum atomic E-state index is -0.970. The average molecular weight is 358 g/mol. The van der Waals surface area contributed by atoms with Gasteiger partial charge in [0.25, 0.3) is 5.91 Å². The third kappa shape index (κ3) is 3.59. The Kier molecular flexibility index (Phi) is 5.03. The number of amides is 2. The standard InChI is InChI=1S/C20H26N2O4/c1-14-4-3-5-16(12-14)18(24)21-10-8-20(9-11-21)7-6-17(23)22(13-20)15(2)19(25)26/h3-5,12,15H,6-11,13H2,1-2H3,(H,25,26)/t15-/m1/s1. The van der Waals surface area contributed by atoms with Gasteiger partial charge in [0.05, 0.1) is 0 Å². The van der Waals surface area contributed by atoms with Gasteiger partial charge in [0.2, 0.25) is 5.91 Å². The quantitative estimate of drug-likeness (QED) is 0.899. The summed E-state index contributed by atoms with van der Waals surface area (Å²) < 4.78 is 0. The highest BCUT2D eigenvalue weighted by Crippen LogP contribution is 2.41. The topological polar surface area (TPSA) is 77.9 Å². The van der Waals surface area contributed by atoms with Crippen molar-refractivity contribution in [2.24, 2.45) is 5.41 Å². The molecule has 2 aliphatic rings. The maximum atomic E-state index is 12.7. The highest BCUT2D eigenvalue weighted by molar-refractivity contribution is 5.94. The summed E-state index contributed by atoms with van der Waals surface area (Å²) in [6, 6.07) is 6.81. The van der Waals surface area contributed by atoms with Gasteiger partial charge in [-0.25, -0.2) is 4.79 Å². The zero-order valence-electron chi connectivity index (χ0n) is 15.4. The Morgan fingerprint density at radius 3 is 2.50 bits per heavy atom. The highest BCUT2D eigenvalue weighted by Gasteiger charge is 2.43. The molecule has 26 heavy (non-hydrogen) atoms. The van der Waals surface area contributed by atoms with Gasteiger partial charge in [-0.2, -0.15) is 0 Å². The lowest BCUT2D eigenvalue weighted by atomic mass is 9.72. The molecular weight excluding hydrogens is 332 g/mol. The third-order valence-electron chi connectivity index (χ3n) is 5.90. The van der Waals surface area contributed by atoms with Crippen LogP contribution in [0, 0.1) is 12.3 Å². The summed E-state index contributed by atoms with van der Waals surface area (Å²) in [5.41, 5.74) is 1.70. The van der Waals surface area contributed by atoms with Crippen LogP contribution in [0.1, 0.15) is 48.5 Å². The maximum absolute atomic E-state index is 12.7. The first-order valence-electron chi connectivity index (χ1n) is 9.20. The van der Waals surface area contributed by atoms with Crippen LogP contribution in [-0.4, -0.2) is 58.4 Å². The van der Waals surface area contributed by atoms with Gasteiger partial charge in [-0.1, -0.05) is 17.7 Å². The van der Waals surface area contributed by atoms with Crippen LogP contribution < -0.4 is 0 Å². The predicted octanol–water partition coefficient (Wildman–Crippen LogP) is 2.31. The van der Waals surface area contributed by atoms with Gasteiger partial charge in [0.15, 0.2) is 0 Å². The molecule has 2 fully saturated rings. The normalized spacial score (nSPS) is 20.9. The molecule has 6 heteroatoms. The number of aliphatic carboxylic acids is 1. The Morgan fingerprint density at radius 1 is 1.19 bits per heavy atom. The molecule has 2 aliphatic heterocycles. The molecule has 0 bridgehead atoms. The fourth-order valence-corrected chi connectivity index (χ4v) is 4.08. The molecule has 0 aromatic heterocycles. The number of carbonyl (C=O) groups excluding carboxylic acids is 2. The molecule has 1 aromatic rings. The van der Waals surface area contributed by atoms with Crippen molar-refractivity contribution in [1.82, 2.24) is 9.80 Å². The van der Waals surface area contributed by atoms with E-state index in [4.69, 9.17) is 0 Å². The van der Waals surface area contributed by atoms with E-state index in [9.17, 15) is 19.5 Å². The smallest absolute Gasteiger partial charge is 0.326 e. The summed E-state index contributed by atoms with van der Waals surface area (Å²) in [5.74, 6) is -1.00. The molecule has 3 rings (SSSR count). The Balaban J connectivity index is 1.66. The van der Waals surface area contributed by atoms with E-state index in [2.05, 4.69) is 0 Å². The van der Waals surface area contributed by atoms with Gasteiger partial charge >= 0.3 is 5.97 Å². The monoisotopic (exact) mass is 358 g/mol. The van der Waals surface area contributed by atoms with Gasteiger partial charge in [-0.05, 0) is 50.7 Å². The van der Waals surface area contributed by atoms with E-state index in [1.54, 1.807) is 6.92 Å². The number of carbonyl (C=O) groups is 3. The number of hydrogen-bond donors (Lipinski definition) is 1. The minimum Gasteiger partial charge on any atom is -0.480 e. The van der Waals surface area contributed by atoms with Crippen molar-refractivity contribution in [3.05, 3.63) is 35.4 Å². The number of benzene rings is 1. The van der Waals surface area contributed by atoms with E-state index in [-0.39, 0.29) is 17.2 Å². The number of carboxylic acids is 1. The highest BCUT2D eigenvalue weighted by atomic mass is 16.4. The third-order valence-corrected chi connectivity index (χ3v) is 5.90. The number of nitrogens with zero attached hydrogens (tertiary/aromatic N) is 2. The van der Waals surface area contributed by atoms with Gasteiger partial charge in [0, 0.05) is 31.6 Å². The molecule has 6 nitrogen and oxygen atoms in total. The van der Waals surface area contributed by atoms with E-state index in [1.807, 2.05) is 36.1 Å². The number of carboxylic acid groups (broad SMARTS) is 1. The van der Waals surface area contributed by atoms with Crippen molar-refractivity contribution >= 4 is 17.8 Å². The molecule has 1 atom stereocenters. The van der Waals surface area contributed by atoms with E-state index in [1.165, 1.54) is 4.90 Å². The van der Waals surface area contributed by atoms with Crippen LogP contribution in [-0.2, 0) is 9.59 Å². The summed E-state index contributed by atoms with van der Waals surface area (Å²) in [7, 11) is 0. The fraction of sp³-hybridized carbons (Fsp3) is 0.550. The second kappa shape index (κ2) is 7.09. The lowest BCUT2D eigenvalue weighted by Gasteiger charge is -2.48. The van der Waals surface area contributed by atoms with Crippen molar-refractivity contribution in [2.75, 3.05) is 19.6 Å². The molecule has 2 saturated heterocycles. The lowest BCUT2D eigenvalue weighted by molar-refractivity contribution is -0.154. The Morgan fingerprint density at radius 2 is 1.88 bits per heavy atom. The van der Waals surface area contributed by atoms with Crippen LogP contribution >= 0.6 is 0 Å². The van der Waals surface area contributed by atoms with Crippen molar-refractivity contribution in [2.45, 2.75) is 45.6 Å². The summed E-state index contributed by atoms with van der Waals surface area (Å²) in [4.78, 5) is 39.5. The van der Waals surface area contributed by atoms with Crippen molar-refractivity contribution < 1.29 is 19.5 Å². The Labute approximate surface area is 153 Å². The molecular formula is C20H26N2O4. The number of hydrogen-bond acceptors (Lipinski definition) is 3. The second-order valence-corrected chi connectivity index (χ2v) is 7.70. The molecule has 1 N–H and O–H groups in total. The zero-order chi connectivity index (χ0) is 18.9. The van der Waals surface area contributed by atoms with E-state index >= 15 is 0 Å². The first-order chi connectivity index (χ1) is 12.3. The molecule has 2 heterocycles. The fourth-order valence-electron chi connectivity index (χ4n) is 4.08. The van der Waals surface area contributed by atoms with Gasteiger partial charge in [-0.15, -0.1) is 0 Å². The molecule has 0 unspecified atom stereocenters. The van der Waals surface area contributed by atoms with E-state index in [0.29, 0.717) is 31.6 Å². The number of aryl methyl sites for hydroxylation is 1. The van der Waals surface area contributed by atoms with E-state index < -0.39 is 12.0 Å². The van der Waals surface area contributed by atoms with Crippen molar-refractivity contribution in [3.63, 3.8) is 0 Å². The van der Waals surface area contributed by atoms with Crippen LogP contribution in [0.2, 0.25) is 0 Å². The van der Waals surface area contributed by atoms with E-state index in [0.717, 1.165) is 24.8 Å². The van der Waals surface area contributed by atoms with Crippen LogP contribution in [0.15, 0.2) is 24.3 Å². The lowest BCUT2D eigenvalue weighted by Crippen LogP contribution is -2.55. The average Bonchev–Trinajstić information content (AvgIpc) is 2.63. The Bertz CT molecular complexity index is 722. The maximum Gasteiger partial charge on any atom is 0.326 e. The molecule has 0 radical (unpaired) electrons. The zero-order valence-corrected chi connectivity index (χ0v) is 15.4. The molecule has 1 spiro atoms. The number of rotatable bonds is 3. The minimum absolute atomic E-state index is 0.0474. The molecule has 2 amide bonds. The molecule has 1 aromatic carbocycles. The van der Waals surface area contributed by atoms with Crippen molar-refractivity contribution in [1.29, 1.82) is 0 Å². The van der Waals surface area contributed by atoms with Gasteiger partial charge < -0.3 is 14.9 Å². The number of likely N-dealkylation sites (tertiary alicyclic amines) is 2. The van der Waals surface area contributed by atoms with Crippen LogP contribution in [0.25, 0.3) is 0 Å². The van der Waals surface area contributed by atoms with Crippen LogP contribution in [0.5, 0.6) is 0 Å². The summed E-state index contributed by atoms with van der Waals surface area (Å²) in [6.45, 7) is 5.31. The van der Waals surface area contributed by atoms with Crippen molar-refractivity contribution in [3.8, 4) is 0 Å². The second-order valence-electron chi connectivity index (χ2n) is 7.70. The summed E-state index contributed by atoms with van der Waals surface area (Å²) >= 11 is 0. The number of piperidine rings is 2. The predicted molar refractivity (Wildman–Crippen MR) is 96.8 cm³/mol. The van der Waals surface area contributed by atoms with Gasteiger partial charge in [0.1, 0.15) is 6.04 Å².